The van der Waals surface area contributed by atoms with Crippen LogP contribution in [-0.2, 0) is 11.2 Å². The topological polar surface area (TPSA) is 53.6 Å². The summed E-state index contributed by atoms with van der Waals surface area (Å²) < 4.78 is 5.53. The third-order valence-corrected chi connectivity index (χ3v) is 5.71. The van der Waals surface area contributed by atoms with Crippen LogP contribution in [0.15, 0.2) is 42.5 Å². The summed E-state index contributed by atoms with van der Waals surface area (Å²) in [5, 5.41) is 6.62. The molecule has 2 N–H and O–H groups in total. The highest BCUT2D eigenvalue weighted by atomic mass is 16.5. The van der Waals surface area contributed by atoms with Gasteiger partial charge in [-0.3, -0.25) is 9.69 Å². The van der Waals surface area contributed by atoms with Crippen LogP contribution in [0.2, 0.25) is 0 Å². The molecule has 4 rings (SSSR count). The minimum Gasteiger partial charge on any atom is -0.385 e. The number of ether oxygens (including phenoxy) is 1. The van der Waals surface area contributed by atoms with Crippen LogP contribution in [0.3, 0.4) is 0 Å². The fourth-order valence-corrected chi connectivity index (χ4v) is 4.23. The van der Waals surface area contributed by atoms with E-state index in [9.17, 15) is 4.79 Å². The van der Waals surface area contributed by atoms with Gasteiger partial charge in [0.25, 0.3) is 5.91 Å². The Bertz CT molecular complexity index is 830. The maximum Gasteiger partial charge on any atom is 0.251 e. The number of hydrogen-bond acceptors (Lipinski definition) is 4. The molecule has 1 saturated heterocycles. The van der Waals surface area contributed by atoms with Crippen LogP contribution in [0.25, 0.3) is 0 Å². The first kappa shape index (κ1) is 19.0. The molecule has 2 aromatic carbocycles. The van der Waals surface area contributed by atoms with Crippen LogP contribution < -0.4 is 10.6 Å². The summed E-state index contributed by atoms with van der Waals surface area (Å²) in [6.07, 6.45) is 2.02. The van der Waals surface area contributed by atoms with Gasteiger partial charge in [-0.2, -0.15) is 0 Å². The Balaban J connectivity index is 1.52. The monoisotopic (exact) mass is 379 g/mol. The summed E-state index contributed by atoms with van der Waals surface area (Å²) in [5.41, 5.74) is 5.53. The van der Waals surface area contributed by atoms with Crippen molar-refractivity contribution in [3.63, 3.8) is 0 Å². The van der Waals surface area contributed by atoms with E-state index < -0.39 is 0 Å². The fraction of sp³-hybridized carbons (Fsp3) is 0.435. The number of carbonyl (C=O) groups excluding carboxylic acids is 1. The quantitative estimate of drug-likeness (QED) is 0.838. The van der Waals surface area contributed by atoms with Crippen molar-refractivity contribution in [3.05, 3.63) is 64.7 Å². The van der Waals surface area contributed by atoms with Crippen molar-refractivity contribution in [2.75, 3.05) is 44.7 Å². The van der Waals surface area contributed by atoms with E-state index >= 15 is 0 Å². The Morgan fingerprint density at radius 3 is 2.86 bits per heavy atom. The first-order valence-corrected chi connectivity index (χ1v) is 10.2. The number of aryl methyl sites for hydroxylation is 1. The van der Waals surface area contributed by atoms with E-state index in [1.807, 2.05) is 12.1 Å². The second kappa shape index (κ2) is 8.76. The number of morpholine rings is 1. The number of rotatable bonds is 5. The van der Waals surface area contributed by atoms with E-state index in [1.165, 1.54) is 11.1 Å². The normalized spacial score (nSPS) is 18.0. The lowest BCUT2D eigenvalue weighted by molar-refractivity contribution is 0.0162. The van der Waals surface area contributed by atoms with Crippen molar-refractivity contribution in [2.45, 2.75) is 25.8 Å². The third kappa shape index (κ3) is 4.21. The molecule has 0 aromatic heterocycles. The van der Waals surface area contributed by atoms with Crippen molar-refractivity contribution in [3.8, 4) is 0 Å². The van der Waals surface area contributed by atoms with Gasteiger partial charge in [-0.05, 0) is 43.0 Å². The third-order valence-electron chi connectivity index (χ3n) is 5.71. The molecule has 148 valence electrons. The number of nitrogens with one attached hydrogen (secondary N) is 2. The minimum atomic E-state index is 0.0199. The van der Waals surface area contributed by atoms with Gasteiger partial charge in [-0.1, -0.05) is 35.9 Å². The average molecular weight is 380 g/mol. The molecule has 1 unspecified atom stereocenters. The summed E-state index contributed by atoms with van der Waals surface area (Å²) in [5.74, 6) is 0.0199. The lowest BCUT2D eigenvalue weighted by atomic mass is 9.97. The van der Waals surface area contributed by atoms with Crippen LogP contribution in [0, 0.1) is 6.92 Å². The maximum absolute atomic E-state index is 13.0. The zero-order chi connectivity index (χ0) is 19.3. The van der Waals surface area contributed by atoms with Crippen molar-refractivity contribution in [1.82, 2.24) is 10.2 Å². The van der Waals surface area contributed by atoms with Gasteiger partial charge in [0.1, 0.15) is 0 Å². The second-order valence-electron chi connectivity index (χ2n) is 7.65. The number of hydrogen-bond donors (Lipinski definition) is 2. The van der Waals surface area contributed by atoms with Crippen LogP contribution in [-0.4, -0.2) is 50.2 Å². The number of amides is 1. The van der Waals surface area contributed by atoms with Crippen LogP contribution in [0.4, 0.5) is 5.69 Å². The highest BCUT2D eigenvalue weighted by Crippen LogP contribution is 2.26. The molecule has 2 aliphatic rings. The maximum atomic E-state index is 13.0. The van der Waals surface area contributed by atoms with E-state index in [2.05, 4.69) is 52.8 Å². The van der Waals surface area contributed by atoms with Crippen LogP contribution >= 0.6 is 0 Å². The molecule has 5 nitrogen and oxygen atoms in total. The summed E-state index contributed by atoms with van der Waals surface area (Å²) >= 11 is 0. The molecule has 1 amide bonds. The molecule has 1 atom stereocenters. The number of carbonyl (C=O) groups is 1. The summed E-state index contributed by atoms with van der Waals surface area (Å²) in [7, 11) is 0. The minimum absolute atomic E-state index is 0.0199. The second-order valence-corrected chi connectivity index (χ2v) is 7.65. The number of benzene rings is 2. The molecule has 2 aromatic rings. The first-order chi connectivity index (χ1) is 13.7. The van der Waals surface area contributed by atoms with E-state index in [-0.39, 0.29) is 11.9 Å². The van der Waals surface area contributed by atoms with Gasteiger partial charge in [0.2, 0.25) is 0 Å². The predicted octanol–water partition coefficient (Wildman–Crippen LogP) is 3.16. The van der Waals surface area contributed by atoms with Crippen molar-refractivity contribution >= 4 is 11.6 Å². The molecule has 5 heteroatoms. The van der Waals surface area contributed by atoms with E-state index in [4.69, 9.17) is 4.74 Å². The molecule has 2 aliphatic heterocycles. The Labute approximate surface area is 167 Å². The fourth-order valence-electron chi connectivity index (χ4n) is 4.23. The molecule has 0 bridgehead atoms. The summed E-state index contributed by atoms with van der Waals surface area (Å²) in [6, 6.07) is 14.7. The van der Waals surface area contributed by atoms with Gasteiger partial charge in [-0.15, -0.1) is 0 Å². The van der Waals surface area contributed by atoms with Gasteiger partial charge in [-0.25, -0.2) is 0 Å². The molecule has 2 heterocycles. The average Bonchev–Trinajstić information content (AvgIpc) is 2.74. The van der Waals surface area contributed by atoms with Gasteiger partial charge in [0.05, 0.1) is 19.3 Å². The molecular weight excluding hydrogens is 350 g/mol. The standard InChI is InChI=1S/C23H29N3O2/c1-17-5-2-6-18(15-17)22(26-11-13-28-14-12-26)16-25-23(27)20-7-3-9-21-19(20)8-4-10-24-21/h2-3,5-7,9,15,22,24H,4,8,10-14,16H2,1H3,(H,25,27). The van der Waals surface area contributed by atoms with Crippen LogP contribution in [0.1, 0.15) is 39.5 Å². The Kier molecular flexibility index (Phi) is 5.93. The van der Waals surface area contributed by atoms with Gasteiger partial charge in [0.15, 0.2) is 0 Å². The summed E-state index contributed by atoms with van der Waals surface area (Å²) in [4.78, 5) is 15.4. The molecule has 0 spiro atoms. The van der Waals surface area contributed by atoms with Crippen molar-refractivity contribution < 1.29 is 9.53 Å². The number of fused-ring (bicyclic) bond motifs is 1. The largest absolute Gasteiger partial charge is 0.385 e. The lowest BCUT2D eigenvalue weighted by Gasteiger charge is -2.35. The SMILES string of the molecule is Cc1cccc(C(CNC(=O)c2cccc3c2CCCN3)N2CCOCC2)c1. The van der Waals surface area contributed by atoms with Crippen molar-refractivity contribution in [2.24, 2.45) is 0 Å². The summed E-state index contributed by atoms with van der Waals surface area (Å²) in [6.45, 7) is 6.95. The first-order valence-electron chi connectivity index (χ1n) is 10.2. The van der Waals surface area contributed by atoms with Gasteiger partial charge >= 0.3 is 0 Å². The highest BCUT2D eigenvalue weighted by Gasteiger charge is 2.24. The Hall–Kier alpha value is -2.37. The van der Waals surface area contributed by atoms with Crippen LogP contribution in [0.5, 0.6) is 0 Å². The van der Waals surface area contributed by atoms with Crippen molar-refractivity contribution in [1.29, 1.82) is 0 Å². The molecule has 28 heavy (non-hydrogen) atoms. The molecule has 1 fully saturated rings. The van der Waals surface area contributed by atoms with E-state index in [0.717, 1.165) is 62.5 Å². The van der Waals surface area contributed by atoms with E-state index in [1.54, 1.807) is 0 Å². The Morgan fingerprint density at radius 1 is 1.21 bits per heavy atom. The molecule has 0 saturated carbocycles. The van der Waals surface area contributed by atoms with E-state index in [0.29, 0.717) is 6.54 Å². The van der Waals surface area contributed by atoms with Gasteiger partial charge in [0, 0.05) is 37.4 Å². The zero-order valence-corrected chi connectivity index (χ0v) is 16.5. The zero-order valence-electron chi connectivity index (χ0n) is 16.5. The molecule has 0 radical (unpaired) electrons. The molecule has 0 aliphatic carbocycles. The number of anilines is 1. The predicted molar refractivity (Wildman–Crippen MR) is 112 cm³/mol. The van der Waals surface area contributed by atoms with Gasteiger partial charge < -0.3 is 15.4 Å². The number of nitrogens with zero attached hydrogens (tertiary/aromatic N) is 1. The Morgan fingerprint density at radius 2 is 2.04 bits per heavy atom. The lowest BCUT2D eigenvalue weighted by Crippen LogP contribution is -2.44. The molecular formula is C23H29N3O2. The highest BCUT2D eigenvalue weighted by molar-refractivity contribution is 5.97. The smallest absolute Gasteiger partial charge is 0.251 e.